The lowest BCUT2D eigenvalue weighted by molar-refractivity contribution is -0.288. The Kier molecular flexibility index (Phi) is 5.26. The van der Waals surface area contributed by atoms with Gasteiger partial charge in [0.05, 0.1) is 11.7 Å². The number of ether oxygens (including phenoxy) is 2. The molecule has 2 nitrogen and oxygen atoms in total. The van der Waals surface area contributed by atoms with Gasteiger partial charge in [-0.2, -0.15) is 0 Å². The maximum absolute atomic E-state index is 6.07. The average molecular weight is 228 g/mol. The molecule has 0 saturated carbocycles. The van der Waals surface area contributed by atoms with E-state index >= 15 is 0 Å². The summed E-state index contributed by atoms with van der Waals surface area (Å²) < 4.78 is 12.0. The first-order valence-corrected chi connectivity index (χ1v) is 6.81. The first-order valence-electron chi connectivity index (χ1n) is 6.81. The molecule has 96 valence electrons. The van der Waals surface area contributed by atoms with Crippen LogP contribution >= 0.6 is 0 Å². The van der Waals surface area contributed by atoms with Gasteiger partial charge in [0, 0.05) is 12.3 Å². The summed E-state index contributed by atoms with van der Waals surface area (Å²) in [5.74, 6) is 0.557. The van der Waals surface area contributed by atoms with Gasteiger partial charge in [-0.15, -0.1) is 0 Å². The highest BCUT2D eigenvalue weighted by Crippen LogP contribution is 2.33. The molecule has 1 saturated heterocycles. The lowest BCUT2D eigenvalue weighted by Gasteiger charge is -2.42. The van der Waals surface area contributed by atoms with Gasteiger partial charge in [0.15, 0.2) is 6.29 Å². The maximum Gasteiger partial charge on any atom is 0.161 e. The van der Waals surface area contributed by atoms with E-state index in [1.165, 1.54) is 19.3 Å². The lowest BCUT2D eigenvalue weighted by atomic mass is 9.94. The highest BCUT2D eigenvalue weighted by Gasteiger charge is 2.36. The Balaban J connectivity index is 2.55. The van der Waals surface area contributed by atoms with Crippen LogP contribution in [0.15, 0.2) is 0 Å². The predicted molar refractivity (Wildman–Crippen MR) is 67.4 cm³/mol. The second-order valence-electron chi connectivity index (χ2n) is 5.71. The highest BCUT2D eigenvalue weighted by atomic mass is 16.7. The molecule has 0 radical (unpaired) electrons. The first-order chi connectivity index (χ1) is 7.48. The SMILES string of the molecule is CCCC[C@H](CC)[C@H]1O[C@H](C)CC(C)(C)O1. The first kappa shape index (κ1) is 14.0. The van der Waals surface area contributed by atoms with Crippen LogP contribution in [0, 0.1) is 5.92 Å². The van der Waals surface area contributed by atoms with E-state index in [9.17, 15) is 0 Å². The van der Waals surface area contributed by atoms with Crippen molar-refractivity contribution in [1.29, 1.82) is 0 Å². The summed E-state index contributed by atoms with van der Waals surface area (Å²) in [6.07, 6.45) is 6.22. The minimum atomic E-state index is -0.0258. The van der Waals surface area contributed by atoms with Gasteiger partial charge in [-0.1, -0.05) is 26.7 Å². The summed E-state index contributed by atoms with van der Waals surface area (Å²) in [6.45, 7) is 11.0. The summed E-state index contributed by atoms with van der Waals surface area (Å²) in [4.78, 5) is 0. The summed E-state index contributed by atoms with van der Waals surface area (Å²) in [7, 11) is 0. The van der Waals surface area contributed by atoms with Gasteiger partial charge < -0.3 is 9.47 Å². The van der Waals surface area contributed by atoms with Gasteiger partial charge in [-0.25, -0.2) is 0 Å². The third-order valence-electron chi connectivity index (χ3n) is 3.42. The van der Waals surface area contributed by atoms with Crippen molar-refractivity contribution in [2.75, 3.05) is 0 Å². The molecule has 0 aromatic carbocycles. The van der Waals surface area contributed by atoms with Crippen LogP contribution in [0.4, 0.5) is 0 Å². The molecule has 1 heterocycles. The van der Waals surface area contributed by atoms with Crippen molar-refractivity contribution in [3.8, 4) is 0 Å². The fourth-order valence-electron chi connectivity index (χ4n) is 2.57. The molecule has 1 aliphatic rings. The molecule has 3 atom stereocenters. The molecular formula is C14H28O2. The Bertz CT molecular complexity index is 201. The third-order valence-corrected chi connectivity index (χ3v) is 3.42. The second kappa shape index (κ2) is 6.02. The fraction of sp³-hybridized carbons (Fsp3) is 1.00. The van der Waals surface area contributed by atoms with Crippen molar-refractivity contribution in [2.45, 2.75) is 84.7 Å². The van der Waals surface area contributed by atoms with Crippen molar-refractivity contribution in [1.82, 2.24) is 0 Å². The standard InChI is InChI=1S/C14H28O2/c1-6-8-9-12(7-2)13-15-11(3)10-14(4,5)16-13/h11-13H,6-10H2,1-5H3/t11-,12+,13+/m1/s1. The van der Waals surface area contributed by atoms with Crippen LogP contribution < -0.4 is 0 Å². The van der Waals surface area contributed by atoms with Gasteiger partial charge in [-0.05, 0) is 33.6 Å². The van der Waals surface area contributed by atoms with E-state index in [-0.39, 0.29) is 11.9 Å². The van der Waals surface area contributed by atoms with E-state index in [1.54, 1.807) is 0 Å². The van der Waals surface area contributed by atoms with Crippen LogP contribution in [0.3, 0.4) is 0 Å². The summed E-state index contributed by atoms with van der Waals surface area (Å²) in [6, 6.07) is 0. The minimum Gasteiger partial charge on any atom is -0.349 e. The summed E-state index contributed by atoms with van der Waals surface area (Å²) in [5.41, 5.74) is -0.0258. The predicted octanol–water partition coefficient (Wildman–Crippen LogP) is 4.13. The van der Waals surface area contributed by atoms with Crippen LogP contribution in [0.2, 0.25) is 0 Å². The van der Waals surface area contributed by atoms with Crippen molar-refractivity contribution >= 4 is 0 Å². The molecule has 1 aliphatic heterocycles. The molecule has 0 aromatic heterocycles. The molecule has 0 spiro atoms. The zero-order valence-electron chi connectivity index (χ0n) is 11.6. The van der Waals surface area contributed by atoms with E-state index in [2.05, 4.69) is 34.6 Å². The topological polar surface area (TPSA) is 18.5 Å². The van der Waals surface area contributed by atoms with Crippen molar-refractivity contribution in [2.24, 2.45) is 5.92 Å². The van der Waals surface area contributed by atoms with E-state index in [4.69, 9.17) is 9.47 Å². The van der Waals surface area contributed by atoms with Gasteiger partial charge in [0.1, 0.15) is 0 Å². The van der Waals surface area contributed by atoms with Crippen molar-refractivity contribution < 1.29 is 9.47 Å². The van der Waals surface area contributed by atoms with E-state index in [0.717, 1.165) is 12.8 Å². The largest absolute Gasteiger partial charge is 0.349 e. The molecule has 16 heavy (non-hydrogen) atoms. The normalized spacial score (nSPS) is 31.3. The Morgan fingerprint density at radius 1 is 1.31 bits per heavy atom. The Morgan fingerprint density at radius 3 is 2.50 bits per heavy atom. The van der Waals surface area contributed by atoms with Gasteiger partial charge >= 0.3 is 0 Å². The zero-order chi connectivity index (χ0) is 12.2. The number of unbranched alkanes of at least 4 members (excludes halogenated alkanes) is 1. The Morgan fingerprint density at radius 2 is 2.00 bits per heavy atom. The molecule has 0 aliphatic carbocycles. The Hall–Kier alpha value is -0.0800. The lowest BCUT2D eigenvalue weighted by Crippen LogP contribution is -2.46. The molecule has 2 heteroatoms. The Labute approximate surface area is 101 Å². The maximum atomic E-state index is 6.07. The smallest absolute Gasteiger partial charge is 0.161 e. The quantitative estimate of drug-likeness (QED) is 0.704. The molecule has 1 rings (SSSR count). The van der Waals surface area contributed by atoms with Gasteiger partial charge in [-0.3, -0.25) is 0 Å². The number of rotatable bonds is 5. The number of hydrogen-bond donors (Lipinski definition) is 0. The third kappa shape index (κ3) is 4.06. The van der Waals surface area contributed by atoms with Gasteiger partial charge in [0.25, 0.3) is 0 Å². The van der Waals surface area contributed by atoms with E-state index in [0.29, 0.717) is 12.0 Å². The van der Waals surface area contributed by atoms with Gasteiger partial charge in [0.2, 0.25) is 0 Å². The van der Waals surface area contributed by atoms with Crippen LogP contribution in [0.25, 0.3) is 0 Å². The van der Waals surface area contributed by atoms with E-state index in [1.807, 2.05) is 0 Å². The minimum absolute atomic E-state index is 0.00954. The van der Waals surface area contributed by atoms with Crippen LogP contribution in [-0.4, -0.2) is 18.0 Å². The van der Waals surface area contributed by atoms with Crippen molar-refractivity contribution in [3.05, 3.63) is 0 Å². The molecule has 0 bridgehead atoms. The monoisotopic (exact) mass is 228 g/mol. The number of hydrogen-bond acceptors (Lipinski definition) is 2. The van der Waals surface area contributed by atoms with Crippen LogP contribution in [0.1, 0.15) is 66.7 Å². The van der Waals surface area contributed by atoms with Crippen LogP contribution in [-0.2, 0) is 9.47 Å². The molecule has 0 N–H and O–H groups in total. The molecule has 0 amide bonds. The molecule has 0 aromatic rings. The zero-order valence-corrected chi connectivity index (χ0v) is 11.6. The highest BCUT2D eigenvalue weighted by molar-refractivity contribution is 4.79. The summed E-state index contributed by atoms with van der Waals surface area (Å²) >= 11 is 0. The molecule has 1 fully saturated rings. The second-order valence-corrected chi connectivity index (χ2v) is 5.71. The average Bonchev–Trinajstić information content (AvgIpc) is 2.15. The van der Waals surface area contributed by atoms with Crippen LogP contribution in [0.5, 0.6) is 0 Å². The molecular weight excluding hydrogens is 200 g/mol. The fourth-order valence-corrected chi connectivity index (χ4v) is 2.57. The van der Waals surface area contributed by atoms with Crippen molar-refractivity contribution in [3.63, 3.8) is 0 Å². The molecule has 0 unspecified atom stereocenters. The summed E-state index contributed by atoms with van der Waals surface area (Å²) in [5, 5.41) is 0. The van der Waals surface area contributed by atoms with E-state index < -0.39 is 0 Å².